The number of hydrogen-bond acceptors (Lipinski definition) is 17. The minimum absolute atomic E-state index is 0.0382. The third-order valence-electron chi connectivity index (χ3n) is 13.7. The number of carbonyl (C=O) groups is 2. The van der Waals surface area contributed by atoms with Gasteiger partial charge in [-0.1, -0.05) is 50.2 Å². The van der Waals surface area contributed by atoms with E-state index in [0.717, 1.165) is 24.1 Å². The summed E-state index contributed by atoms with van der Waals surface area (Å²) in [6, 6.07) is 6.00. The third kappa shape index (κ3) is 12.7. The van der Waals surface area contributed by atoms with Gasteiger partial charge in [0.15, 0.2) is 12.1 Å². The number of ether oxygens (including phenoxy) is 5. The van der Waals surface area contributed by atoms with Crippen LogP contribution in [0.5, 0.6) is 0 Å². The first-order valence-electron chi connectivity index (χ1n) is 23.1. The number of nitro benzene ring substituents is 1. The number of cyclic esters (lactones) is 1. The summed E-state index contributed by atoms with van der Waals surface area (Å²) in [6.45, 7) is 15.1. The van der Waals surface area contributed by atoms with Gasteiger partial charge in [-0.3, -0.25) is 24.4 Å². The topological polar surface area (TPSA) is 240 Å². The monoisotopic (exact) mass is 917 g/mol. The zero-order valence-electron chi connectivity index (χ0n) is 39.7. The molecule has 3 aliphatic rings. The van der Waals surface area contributed by atoms with Gasteiger partial charge in [0.05, 0.1) is 46.8 Å². The van der Waals surface area contributed by atoms with Crippen molar-refractivity contribution in [3.05, 3.63) is 51.8 Å². The number of rotatable bonds is 14. The van der Waals surface area contributed by atoms with Gasteiger partial charge in [0.25, 0.3) is 5.69 Å². The Balaban J connectivity index is 1.37. The largest absolute Gasteiger partial charge is 0.459 e. The van der Waals surface area contributed by atoms with Gasteiger partial charge in [0, 0.05) is 75.2 Å². The number of hydrogen-bond donors (Lipinski definition) is 3. The van der Waals surface area contributed by atoms with Gasteiger partial charge in [0.1, 0.15) is 23.7 Å². The van der Waals surface area contributed by atoms with Crippen molar-refractivity contribution in [1.82, 2.24) is 19.9 Å². The van der Waals surface area contributed by atoms with Crippen LogP contribution in [0.2, 0.25) is 0 Å². The number of aromatic nitrogens is 3. The second kappa shape index (κ2) is 22.7. The molecule has 3 N–H and O–H groups in total. The number of aliphatic hydroxyl groups is 3. The van der Waals surface area contributed by atoms with Crippen molar-refractivity contribution in [2.75, 3.05) is 27.3 Å². The molecule has 19 nitrogen and oxygen atoms in total. The van der Waals surface area contributed by atoms with Crippen LogP contribution in [-0.2, 0) is 57.5 Å². The van der Waals surface area contributed by atoms with Crippen molar-refractivity contribution in [3.63, 3.8) is 0 Å². The van der Waals surface area contributed by atoms with Gasteiger partial charge in [-0.05, 0) is 78.8 Å². The highest BCUT2D eigenvalue weighted by atomic mass is 16.8. The molecule has 4 heterocycles. The van der Waals surface area contributed by atoms with Crippen molar-refractivity contribution in [1.29, 1.82) is 0 Å². The molecule has 0 bridgehead atoms. The Morgan fingerprint density at radius 1 is 1.06 bits per heavy atom. The maximum atomic E-state index is 14.4. The van der Waals surface area contributed by atoms with E-state index in [9.17, 15) is 35.0 Å². The van der Waals surface area contributed by atoms with E-state index in [2.05, 4.69) is 15.5 Å². The van der Waals surface area contributed by atoms with Crippen molar-refractivity contribution in [2.45, 2.75) is 174 Å². The second-order valence-corrected chi connectivity index (χ2v) is 18.8. The molecule has 0 aliphatic carbocycles. The molecule has 0 spiro atoms. The average molecular weight is 917 g/mol. The summed E-state index contributed by atoms with van der Waals surface area (Å²) in [5.74, 6) is -4.97. The van der Waals surface area contributed by atoms with Crippen LogP contribution in [0, 0.1) is 33.8 Å². The Bertz CT molecular complexity index is 1910. The number of nitro groups is 1. The highest BCUT2D eigenvalue weighted by Crippen LogP contribution is 2.39. The van der Waals surface area contributed by atoms with Crippen molar-refractivity contribution in [3.8, 4) is 0 Å². The molecule has 65 heavy (non-hydrogen) atoms. The number of aryl methyl sites for hydroxylation is 2. The number of nitrogens with zero attached hydrogens (tertiary/aromatic N) is 6. The van der Waals surface area contributed by atoms with Gasteiger partial charge in [-0.15, -0.1) is 5.10 Å². The van der Waals surface area contributed by atoms with Gasteiger partial charge in [-0.25, -0.2) is 0 Å². The molecule has 0 saturated carbocycles. The summed E-state index contributed by atoms with van der Waals surface area (Å²) in [5, 5.41) is 59.9. The van der Waals surface area contributed by atoms with E-state index in [1.807, 2.05) is 32.0 Å². The number of oxime groups is 1. The average Bonchev–Trinajstić information content (AvgIpc) is 3.75. The molecule has 14 atom stereocenters. The first-order valence-corrected chi connectivity index (χ1v) is 23.1. The maximum absolute atomic E-state index is 14.4. The first-order chi connectivity index (χ1) is 30.7. The van der Waals surface area contributed by atoms with Crippen LogP contribution < -0.4 is 0 Å². The van der Waals surface area contributed by atoms with E-state index in [1.165, 1.54) is 33.1 Å². The molecule has 3 aliphatic heterocycles. The minimum Gasteiger partial charge on any atom is -0.459 e. The van der Waals surface area contributed by atoms with E-state index < -0.39 is 94.6 Å². The standard InChI is InChI=1S/C46H72N6O13/c1-11-36-46(8,57)41(55)29(4)38(48-65-37-14-12-13-23-61-37)27(2)25-45(7,60-10)42(30(5)39(53)31(6)43(56)63-36)64-44-40(54)35(24-28(3)62-44)50(9)21-20-33-26-51(49-47-33)22-19-32-15-17-34(18-16-32)52(58)59/h15-18,26-31,35-37,40-42,44,54-55,57H,11-14,19-25H2,1-10H3/b48-38+/t27-,28-,29+,30+,31-,35+,36-,37?,40-,41-,42-,44+,45-,46-/m1/s1. The molecule has 3 fully saturated rings. The van der Waals surface area contributed by atoms with Gasteiger partial charge in [0.2, 0.25) is 6.29 Å². The molecular weight excluding hydrogens is 845 g/mol. The number of likely N-dealkylation sites (N-methyl/N-ethyl adjacent to an activating group) is 1. The van der Waals surface area contributed by atoms with E-state index >= 15 is 0 Å². The fourth-order valence-corrected chi connectivity index (χ4v) is 9.50. The summed E-state index contributed by atoms with van der Waals surface area (Å²) >= 11 is 0. The highest BCUT2D eigenvalue weighted by Gasteiger charge is 2.52. The Morgan fingerprint density at radius 2 is 1.77 bits per heavy atom. The molecule has 1 aromatic carbocycles. The summed E-state index contributed by atoms with van der Waals surface area (Å²) in [7, 11) is 3.41. The van der Waals surface area contributed by atoms with Gasteiger partial charge >= 0.3 is 5.97 Å². The van der Waals surface area contributed by atoms with Crippen LogP contribution in [0.15, 0.2) is 35.6 Å². The predicted octanol–water partition coefficient (Wildman–Crippen LogP) is 4.41. The zero-order chi connectivity index (χ0) is 47.8. The van der Waals surface area contributed by atoms with E-state index in [0.29, 0.717) is 51.1 Å². The molecule has 0 amide bonds. The van der Waals surface area contributed by atoms with Crippen molar-refractivity contribution >= 4 is 23.2 Å². The summed E-state index contributed by atoms with van der Waals surface area (Å²) in [5.41, 5.74) is -1.10. The molecule has 364 valence electrons. The van der Waals surface area contributed by atoms with Crippen LogP contribution in [-0.4, -0.2) is 145 Å². The summed E-state index contributed by atoms with van der Waals surface area (Å²) in [6.07, 6.45) is -0.830. The summed E-state index contributed by atoms with van der Waals surface area (Å²) in [4.78, 5) is 46.7. The number of esters is 1. The number of benzene rings is 1. The number of methoxy groups -OCH3 is 1. The van der Waals surface area contributed by atoms with Crippen LogP contribution in [0.1, 0.15) is 105 Å². The molecule has 1 aromatic heterocycles. The molecule has 19 heteroatoms. The first kappa shape index (κ1) is 52.0. The Kier molecular flexibility index (Phi) is 18.2. The van der Waals surface area contributed by atoms with Crippen LogP contribution >= 0.6 is 0 Å². The fraction of sp³-hybridized carbons (Fsp3) is 0.761. The zero-order valence-corrected chi connectivity index (χ0v) is 39.7. The van der Waals surface area contributed by atoms with Crippen LogP contribution in [0.3, 0.4) is 0 Å². The van der Waals surface area contributed by atoms with Crippen molar-refractivity contribution < 1.29 is 58.4 Å². The number of carbonyl (C=O) groups excluding carboxylic acids is 2. The van der Waals surface area contributed by atoms with E-state index in [1.54, 1.807) is 44.5 Å². The number of aliphatic hydroxyl groups excluding tert-OH is 2. The normalized spacial score (nSPS) is 36.3. The predicted molar refractivity (Wildman–Crippen MR) is 237 cm³/mol. The lowest BCUT2D eigenvalue weighted by Gasteiger charge is -2.47. The molecule has 5 rings (SSSR count). The molecule has 1 unspecified atom stereocenters. The van der Waals surface area contributed by atoms with Crippen molar-refractivity contribution in [2.24, 2.45) is 28.8 Å². The SMILES string of the molecule is CC[C@H]1OC(=O)[C@H](C)C(=O)[C@H](C)[C@@H](O[C@@H]2O[C@H](C)C[C@H](N(C)CCc3cn(CCc4ccc([N+](=O)[O-])cc4)nn3)[C@H]2O)[C@](C)(OC)C[C@@H](C)/C(=N\OC2CCCCO2)[C@H](C)[C@@H](O)[C@]1(C)O. The number of ketones is 1. The Morgan fingerprint density at radius 3 is 2.40 bits per heavy atom. The smallest absolute Gasteiger partial charge is 0.316 e. The number of Topliss-reactive ketones (excluding diaryl/α,β-unsaturated/α-hetero) is 1. The fourth-order valence-electron chi connectivity index (χ4n) is 9.50. The Labute approximate surface area is 382 Å². The molecular formula is C46H72N6O13. The molecule has 3 saturated heterocycles. The van der Waals surface area contributed by atoms with Crippen LogP contribution in [0.25, 0.3) is 0 Å². The highest BCUT2D eigenvalue weighted by molar-refractivity contribution is 6.00. The third-order valence-corrected chi connectivity index (χ3v) is 13.7. The lowest BCUT2D eigenvalue weighted by molar-refractivity contribution is -0.384. The molecule has 0 radical (unpaired) electrons. The lowest BCUT2D eigenvalue weighted by atomic mass is 9.74. The lowest BCUT2D eigenvalue weighted by Crippen LogP contribution is -2.60. The Hall–Kier alpha value is -3.95. The summed E-state index contributed by atoms with van der Waals surface area (Å²) < 4.78 is 32.8. The second-order valence-electron chi connectivity index (χ2n) is 18.8. The van der Waals surface area contributed by atoms with Gasteiger partial charge < -0.3 is 48.7 Å². The van der Waals surface area contributed by atoms with E-state index in [-0.39, 0.29) is 24.6 Å². The quantitative estimate of drug-likeness (QED) is 0.103. The van der Waals surface area contributed by atoms with Gasteiger partial charge in [-0.2, -0.15) is 0 Å². The molecule has 2 aromatic rings. The number of non-ortho nitro benzene ring substituents is 1. The van der Waals surface area contributed by atoms with Crippen LogP contribution in [0.4, 0.5) is 5.69 Å². The minimum atomic E-state index is -1.94. The maximum Gasteiger partial charge on any atom is 0.316 e. The van der Waals surface area contributed by atoms with E-state index in [4.69, 9.17) is 28.5 Å².